The summed E-state index contributed by atoms with van der Waals surface area (Å²) < 4.78 is 5.74. The molecule has 124 valence electrons. The lowest BCUT2D eigenvalue weighted by Gasteiger charge is -2.34. The number of hydrogen-bond acceptors (Lipinski definition) is 6. The number of imide groups is 1. The summed E-state index contributed by atoms with van der Waals surface area (Å²) in [4.78, 5) is 43.3. The normalized spacial score (nSPS) is 19.2. The van der Waals surface area contributed by atoms with E-state index < -0.39 is 6.09 Å². The highest BCUT2D eigenvalue weighted by Gasteiger charge is 2.39. The van der Waals surface area contributed by atoms with Crippen molar-refractivity contribution in [2.45, 2.75) is 18.9 Å². The van der Waals surface area contributed by atoms with Gasteiger partial charge in [0, 0.05) is 19.1 Å². The van der Waals surface area contributed by atoms with E-state index in [1.165, 1.54) is 16.2 Å². The molecule has 0 spiro atoms. The second-order valence-corrected chi connectivity index (χ2v) is 6.86. The number of cyclic esters (lactones) is 1. The van der Waals surface area contributed by atoms with Gasteiger partial charge in [0.2, 0.25) is 0 Å². The maximum atomic E-state index is 12.6. The van der Waals surface area contributed by atoms with Crippen LogP contribution in [0.1, 0.15) is 22.6 Å². The Morgan fingerprint density at radius 3 is 2.62 bits per heavy atom. The molecule has 2 aromatic rings. The molecule has 0 radical (unpaired) electrons. The van der Waals surface area contributed by atoms with E-state index in [0.717, 1.165) is 10.2 Å². The molecule has 3 amide bonds. The minimum atomic E-state index is -0.573. The molecule has 2 fully saturated rings. The standard InChI is InChI=1S/C16H15N3O4S/c20-13-9-23-16(22)19(13)10-5-7-18(8-6-10)15(21)14-17-11-3-1-2-4-12(11)24-14/h1-4,10H,5-9H2. The molecule has 0 N–H and O–H groups in total. The topological polar surface area (TPSA) is 79.8 Å². The van der Waals surface area contributed by atoms with Gasteiger partial charge in [-0.25, -0.2) is 14.7 Å². The zero-order valence-electron chi connectivity index (χ0n) is 12.8. The van der Waals surface area contributed by atoms with Gasteiger partial charge in [-0.05, 0) is 25.0 Å². The molecule has 0 unspecified atom stereocenters. The number of carbonyl (C=O) groups excluding carboxylic acids is 3. The largest absolute Gasteiger partial charge is 0.439 e. The van der Waals surface area contributed by atoms with Gasteiger partial charge >= 0.3 is 6.09 Å². The van der Waals surface area contributed by atoms with E-state index in [9.17, 15) is 14.4 Å². The number of carbonyl (C=O) groups is 3. The third-order valence-corrected chi connectivity index (χ3v) is 5.40. The number of rotatable bonds is 2. The SMILES string of the molecule is O=C(c1nc2ccccc2s1)N1CCC(N2C(=O)COC2=O)CC1. The van der Waals surface area contributed by atoms with Crippen LogP contribution in [0.3, 0.4) is 0 Å². The van der Waals surface area contributed by atoms with Gasteiger partial charge < -0.3 is 9.64 Å². The minimum Gasteiger partial charge on any atom is -0.439 e. The maximum absolute atomic E-state index is 12.6. The van der Waals surface area contributed by atoms with Crippen LogP contribution in [0.4, 0.5) is 4.79 Å². The molecule has 7 nitrogen and oxygen atoms in total. The van der Waals surface area contributed by atoms with Gasteiger partial charge in [-0.1, -0.05) is 12.1 Å². The first kappa shape index (κ1) is 15.1. The van der Waals surface area contributed by atoms with Crippen molar-refractivity contribution in [1.82, 2.24) is 14.8 Å². The Labute approximate surface area is 141 Å². The zero-order valence-corrected chi connectivity index (χ0v) is 13.6. The van der Waals surface area contributed by atoms with Crippen LogP contribution >= 0.6 is 11.3 Å². The van der Waals surface area contributed by atoms with Crippen molar-refractivity contribution < 1.29 is 19.1 Å². The third-order valence-electron chi connectivity index (χ3n) is 4.38. The fourth-order valence-corrected chi connectivity index (χ4v) is 4.08. The number of ether oxygens (including phenoxy) is 1. The number of para-hydroxylation sites is 1. The molecule has 1 aromatic heterocycles. The summed E-state index contributed by atoms with van der Waals surface area (Å²) >= 11 is 1.38. The number of nitrogens with zero attached hydrogens (tertiary/aromatic N) is 3. The van der Waals surface area contributed by atoms with Crippen LogP contribution in [0.5, 0.6) is 0 Å². The first-order chi connectivity index (χ1) is 11.6. The van der Waals surface area contributed by atoms with Gasteiger partial charge in [-0.3, -0.25) is 9.59 Å². The fraction of sp³-hybridized carbons (Fsp3) is 0.375. The summed E-state index contributed by atoms with van der Waals surface area (Å²) in [6, 6.07) is 7.47. The molecular weight excluding hydrogens is 330 g/mol. The number of amides is 3. The number of benzene rings is 1. The minimum absolute atomic E-state index is 0.0926. The molecule has 24 heavy (non-hydrogen) atoms. The van der Waals surface area contributed by atoms with Crippen LogP contribution in [0, 0.1) is 0 Å². The van der Waals surface area contributed by atoms with Crippen molar-refractivity contribution in [2.75, 3.05) is 19.7 Å². The average Bonchev–Trinajstić information content (AvgIpc) is 3.18. The van der Waals surface area contributed by atoms with E-state index in [0.29, 0.717) is 30.9 Å². The van der Waals surface area contributed by atoms with Gasteiger partial charge in [0.1, 0.15) is 0 Å². The van der Waals surface area contributed by atoms with Gasteiger partial charge in [0.15, 0.2) is 11.6 Å². The lowest BCUT2D eigenvalue weighted by atomic mass is 10.0. The summed E-state index contributed by atoms with van der Waals surface area (Å²) in [6.45, 7) is 0.816. The Hall–Kier alpha value is -2.48. The molecule has 2 aliphatic rings. The van der Waals surface area contributed by atoms with Crippen LogP contribution in [0.2, 0.25) is 0 Å². The van der Waals surface area contributed by atoms with Crippen LogP contribution in [0.25, 0.3) is 10.2 Å². The number of thiazole rings is 1. The molecule has 0 bridgehead atoms. The Balaban J connectivity index is 1.44. The molecule has 0 saturated carbocycles. The van der Waals surface area contributed by atoms with E-state index in [4.69, 9.17) is 4.74 Å². The number of aromatic nitrogens is 1. The summed E-state index contributed by atoms with van der Waals surface area (Å²) in [5, 5.41) is 0.478. The summed E-state index contributed by atoms with van der Waals surface area (Å²) in [5.74, 6) is -0.388. The van der Waals surface area contributed by atoms with Crippen molar-refractivity contribution >= 4 is 39.5 Å². The quantitative estimate of drug-likeness (QED) is 0.830. The molecule has 8 heteroatoms. The van der Waals surface area contributed by atoms with Crippen molar-refractivity contribution in [3.05, 3.63) is 29.3 Å². The molecule has 2 aliphatic heterocycles. The van der Waals surface area contributed by atoms with Gasteiger partial charge in [-0.2, -0.15) is 0 Å². The Morgan fingerprint density at radius 1 is 1.21 bits per heavy atom. The van der Waals surface area contributed by atoms with E-state index >= 15 is 0 Å². The number of hydrogen-bond donors (Lipinski definition) is 0. The second-order valence-electron chi connectivity index (χ2n) is 5.83. The Bertz CT molecular complexity index is 777. The van der Waals surface area contributed by atoms with E-state index in [-0.39, 0.29) is 24.5 Å². The monoisotopic (exact) mass is 345 g/mol. The third kappa shape index (κ3) is 2.52. The molecule has 2 saturated heterocycles. The molecule has 0 atom stereocenters. The highest BCUT2D eigenvalue weighted by atomic mass is 32.1. The van der Waals surface area contributed by atoms with Crippen LogP contribution in [0.15, 0.2) is 24.3 Å². The summed E-state index contributed by atoms with van der Waals surface area (Å²) in [6.07, 6.45) is 0.561. The smallest absolute Gasteiger partial charge is 0.417 e. The molecular formula is C16H15N3O4S. The van der Waals surface area contributed by atoms with Gasteiger partial charge in [0.05, 0.1) is 10.2 Å². The molecule has 3 heterocycles. The lowest BCUT2D eigenvalue weighted by Crippen LogP contribution is -2.48. The van der Waals surface area contributed by atoms with Crippen LogP contribution < -0.4 is 0 Å². The van der Waals surface area contributed by atoms with Crippen molar-refractivity contribution in [3.8, 4) is 0 Å². The van der Waals surface area contributed by atoms with E-state index in [1.807, 2.05) is 24.3 Å². The summed E-state index contributed by atoms with van der Waals surface area (Å²) in [7, 11) is 0. The number of likely N-dealkylation sites (tertiary alicyclic amines) is 1. The van der Waals surface area contributed by atoms with Gasteiger partial charge in [0.25, 0.3) is 11.8 Å². The molecule has 0 aliphatic carbocycles. The molecule has 1 aromatic carbocycles. The van der Waals surface area contributed by atoms with Crippen molar-refractivity contribution in [2.24, 2.45) is 0 Å². The Morgan fingerprint density at radius 2 is 1.96 bits per heavy atom. The summed E-state index contributed by atoms with van der Waals surface area (Å²) in [5.41, 5.74) is 0.825. The maximum Gasteiger partial charge on any atom is 0.417 e. The van der Waals surface area contributed by atoms with Crippen LogP contribution in [-0.2, 0) is 9.53 Å². The van der Waals surface area contributed by atoms with Crippen LogP contribution in [-0.4, -0.2) is 58.4 Å². The molecule has 4 rings (SSSR count). The van der Waals surface area contributed by atoms with Crippen molar-refractivity contribution in [1.29, 1.82) is 0 Å². The fourth-order valence-electron chi connectivity index (χ4n) is 3.14. The highest BCUT2D eigenvalue weighted by molar-refractivity contribution is 7.20. The van der Waals surface area contributed by atoms with E-state index in [2.05, 4.69) is 4.98 Å². The van der Waals surface area contributed by atoms with Gasteiger partial charge in [-0.15, -0.1) is 11.3 Å². The highest BCUT2D eigenvalue weighted by Crippen LogP contribution is 2.25. The second kappa shape index (κ2) is 5.86. The Kier molecular flexibility index (Phi) is 3.68. The van der Waals surface area contributed by atoms with E-state index in [1.54, 1.807) is 4.90 Å². The zero-order chi connectivity index (χ0) is 16.7. The number of fused-ring (bicyclic) bond motifs is 1. The van der Waals surface area contributed by atoms with Crippen molar-refractivity contribution in [3.63, 3.8) is 0 Å². The predicted octanol–water partition coefficient (Wildman–Crippen LogP) is 1.88. The lowest BCUT2D eigenvalue weighted by molar-refractivity contribution is -0.127. The number of piperidine rings is 1. The average molecular weight is 345 g/mol. The predicted molar refractivity (Wildman–Crippen MR) is 86.7 cm³/mol. The first-order valence-electron chi connectivity index (χ1n) is 7.77. The first-order valence-corrected chi connectivity index (χ1v) is 8.59.